The minimum atomic E-state index is -2.91. The molecule has 0 saturated heterocycles. The molecule has 0 N–H and O–H groups in total. The molecule has 0 heterocycles. The lowest BCUT2D eigenvalue weighted by molar-refractivity contribution is -0.177. The summed E-state index contributed by atoms with van der Waals surface area (Å²) in [6.45, 7) is 32.6. The molecule has 11 nitrogen and oxygen atoms in total. The molecular formula is C30H58O11Si4. The zero-order valence-electron chi connectivity index (χ0n) is 29.5. The van der Waals surface area contributed by atoms with Gasteiger partial charge in [0, 0.05) is 18.2 Å². The van der Waals surface area contributed by atoms with Crippen LogP contribution < -0.4 is 0 Å². The highest BCUT2D eigenvalue weighted by Crippen LogP contribution is 2.28. The van der Waals surface area contributed by atoms with E-state index in [0.717, 1.165) is 18.2 Å². The van der Waals surface area contributed by atoms with Crippen molar-refractivity contribution in [3.05, 3.63) is 38.0 Å². The molecule has 0 fully saturated rings. The largest absolute Gasteiger partial charge is 0.462 e. The number of carbonyl (C=O) groups is 3. The Morgan fingerprint density at radius 2 is 1.07 bits per heavy atom. The number of ether oxygens (including phenoxy) is 5. The number of esters is 3. The van der Waals surface area contributed by atoms with Gasteiger partial charge in [0.2, 0.25) is 0 Å². The summed E-state index contributed by atoms with van der Waals surface area (Å²) in [6.07, 6.45) is 4.18. The highest BCUT2D eigenvalue weighted by Gasteiger charge is 2.46. The molecule has 0 spiro atoms. The fraction of sp³-hybridized carbons (Fsp3) is 0.700. The summed E-state index contributed by atoms with van der Waals surface area (Å²) < 4.78 is 48.7. The first kappa shape index (κ1) is 43.3. The van der Waals surface area contributed by atoms with Crippen LogP contribution in [-0.4, -0.2) is 96.5 Å². The van der Waals surface area contributed by atoms with Crippen molar-refractivity contribution in [3.63, 3.8) is 0 Å². The summed E-state index contributed by atoms with van der Waals surface area (Å²) in [5.41, 5.74) is -2.06. The number of hydrogen-bond acceptors (Lipinski definition) is 11. The minimum absolute atomic E-state index is 0.00300. The van der Waals surface area contributed by atoms with E-state index in [9.17, 15) is 14.4 Å². The molecule has 2 atom stereocenters. The Balaban J connectivity index is 6.04. The second-order valence-corrected chi connectivity index (χ2v) is 29.9. The van der Waals surface area contributed by atoms with E-state index in [2.05, 4.69) is 59.0 Å². The Labute approximate surface area is 275 Å². The molecule has 2 unspecified atom stereocenters. The van der Waals surface area contributed by atoms with E-state index in [1.807, 2.05) is 33.5 Å². The smallest absolute Gasteiger partial charge is 0.342 e. The lowest BCUT2D eigenvalue weighted by atomic mass is 9.87. The van der Waals surface area contributed by atoms with Crippen LogP contribution >= 0.6 is 0 Å². The third kappa shape index (κ3) is 18.3. The van der Waals surface area contributed by atoms with Crippen LogP contribution in [0.1, 0.15) is 26.7 Å². The zero-order chi connectivity index (χ0) is 35.2. The highest BCUT2D eigenvalue weighted by atomic mass is 28.5. The first-order valence-electron chi connectivity index (χ1n) is 15.2. The number of carbonyl (C=O) groups excluding carboxylic acids is 3. The van der Waals surface area contributed by atoms with Crippen LogP contribution in [0.2, 0.25) is 58.9 Å². The van der Waals surface area contributed by atoms with E-state index in [1.54, 1.807) is 0 Å². The Morgan fingerprint density at radius 1 is 0.600 bits per heavy atom. The SMILES string of the molecule is C=CC(=O)OCC(CC)(COCC(CC)(COC[Si](C)(O[Si](C)(C)C)O[Si](C)(C)O[Si](C)(C)C)OC(=O)C=C)COC(=O)C=C. The zero-order valence-corrected chi connectivity index (χ0v) is 33.5. The molecule has 0 aromatic carbocycles. The lowest BCUT2D eigenvalue weighted by Gasteiger charge is -2.41. The molecule has 0 amide bonds. The van der Waals surface area contributed by atoms with Gasteiger partial charge in [-0.05, 0) is 71.8 Å². The molecule has 260 valence electrons. The molecule has 0 aliphatic carbocycles. The highest BCUT2D eigenvalue weighted by molar-refractivity contribution is 6.89. The second kappa shape index (κ2) is 18.6. The maximum Gasteiger partial charge on any atom is 0.342 e. The summed E-state index contributed by atoms with van der Waals surface area (Å²) in [7, 11) is -9.40. The first-order valence-corrected chi connectivity index (χ1v) is 27.4. The Morgan fingerprint density at radius 3 is 1.47 bits per heavy atom. The van der Waals surface area contributed by atoms with Gasteiger partial charge in [0.1, 0.15) is 13.2 Å². The van der Waals surface area contributed by atoms with E-state index >= 15 is 0 Å². The van der Waals surface area contributed by atoms with Crippen LogP contribution in [0, 0.1) is 5.41 Å². The van der Waals surface area contributed by atoms with Crippen molar-refractivity contribution in [1.82, 2.24) is 0 Å². The van der Waals surface area contributed by atoms with Gasteiger partial charge in [0.25, 0.3) is 0 Å². The molecule has 0 aliphatic rings. The topological polar surface area (TPSA) is 125 Å². The van der Waals surface area contributed by atoms with Crippen LogP contribution in [0.3, 0.4) is 0 Å². The van der Waals surface area contributed by atoms with Crippen molar-refractivity contribution in [2.45, 2.75) is 91.2 Å². The standard InChI is InChI=1S/C30H58O11Si4/c1-15-26(31)36-21-29(18-4,22-37-27(32)16-2)20-34-23-30(19-5,38-28(33)17-3)24-35-25-45(14,40-43(9,10)11)41-44(12,13)39-42(6,7)8/h15-17H,1-3,18-25H2,4-14H3. The van der Waals surface area contributed by atoms with E-state index in [4.69, 9.17) is 36.0 Å². The Bertz CT molecular complexity index is 983. The van der Waals surface area contributed by atoms with Crippen LogP contribution in [0.15, 0.2) is 38.0 Å². The summed E-state index contributed by atoms with van der Waals surface area (Å²) in [6, 6.07) is 0. The molecular weight excluding hydrogens is 649 g/mol. The van der Waals surface area contributed by atoms with E-state index < -0.39 is 62.7 Å². The van der Waals surface area contributed by atoms with Crippen molar-refractivity contribution in [2.24, 2.45) is 5.41 Å². The van der Waals surface area contributed by atoms with Crippen LogP contribution in [0.5, 0.6) is 0 Å². The molecule has 0 saturated carbocycles. The van der Waals surface area contributed by atoms with Crippen molar-refractivity contribution in [3.8, 4) is 0 Å². The average molecular weight is 707 g/mol. The van der Waals surface area contributed by atoms with Crippen molar-refractivity contribution in [1.29, 1.82) is 0 Å². The average Bonchev–Trinajstić information content (AvgIpc) is 2.90. The van der Waals surface area contributed by atoms with Gasteiger partial charge in [-0.15, -0.1) is 0 Å². The number of hydrogen-bond donors (Lipinski definition) is 0. The predicted molar refractivity (Wildman–Crippen MR) is 185 cm³/mol. The summed E-state index contributed by atoms with van der Waals surface area (Å²) in [5, 5.41) is 0. The van der Waals surface area contributed by atoms with Crippen molar-refractivity contribution in [2.75, 3.05) is 39.3 Å². The maximum atomic E-state index is 12.5. The Kier molecular flexibility index (Phi) is 17.9. The van der Waals surface area contributed by atoms with Crippen LogP contribution in [0.25, 0.3) is 0 Å². The molecule has 0 bridgehead atoms. The lowest BCUT2D eigenvalue weighted by Crippen LogP contribution is -2.59. The third-order valence-electron chi connectivity index (χ3n) is 6.29. The fourth-order valence-corrected chi connectivity index (χ4v) is 21.8. The van der Waals surface area contributed by atoms with Gasteiger partial charge >= 0.3 is 35.0 Å². The van der Waals surface area contributed by atoms with Gasteiger partial charge in [-0.2, -0.15) is 0 Å². The molecule has 0 radical (unpaired) electrons. The van der Waals surface area contributed by atoms with Gasteiger partial charge in [-0.1, -0.05) is 33.6 Å². The molecule has 0 aliphatic heterocycles. The van der Waals surface area contributed by atoms with Crippen molar-refractivity contribution >= 4 is 51.7 Å². The summed E-state index contributed by atoms with van der Waals surface area (Å²) in [4.78, 5) is 36.1. The Hall–Kier alpha value is -1.70. The van der Waals surface area contributed by atoms with Gasteiger partial charge in [0.15, 0.2) is 22.2 Å². The quantitative estimate of drug-likeness (QED) is 0.0525. The van der Waals surface area contributed by atoms with Gasteiger partial charge in [0.05, 0.1) is 31.5 Å². The molecule has 15 heteroatoms. The third-order valence-corrected chi connectivity index (χ3v) is 19.3. The first-order chi connectivity index (χ1) is 20.5. The molecule has 0 rings (SSSR count). The normalized spacial score (nSPS) is 15.3. The van der Waals surface area contributed by atoms with E-state index in [0.29, 0.717) is 12.8 Å². The fourth-order valence-electron chi connectivity index (χ4n) is 4.51. The van der Waals surface area contributed by atoms with Gasteiger partial charge < -0.3 is 36.0 Å². The molecule has 0 aromatic heterocycles. The minimum Gasteiger partial charge on any atom is -0.462 e. The predicted octanol–water partition coefficient (Wildman–Crippen LogP) is 5.79. The monoisotopic (exact) mass is 706 g/mol. The van der Waals surface area contributed by atoms with E-state index in [-0.39, 0.29) is 39.3 Å². The molecule has 0 aromatic rings. The van der Waals surface area contributed by atoms with E-state index in [1.165, 1.54) is 0 Å². The second-order valence-electron chi connectivity index (χ2n) is 13.7. The molecule has 45 heavy (non-hydrogen) atoms. The maximum absolute atomic E-state index is 12.5. The number of rotatable bonds is 24. The summed E-state index contributed by atoms with van der Waals surface area (Å²) >= 11 is 0. The van der Waals surface area contributed by atoms with Crippen molar-refractivity contribution < 1.29 is 50.4 Å². The van der Waals surface area contributed by atoms with Crippen LogP contribution in [0.4, 0.5) is 0 Å². The van der Waals surface area contributed by atoms with Crippen LogP contribution in [-0.2, 0) is 50.4 Å². The summed E-state index contributed by atoms with van der Waals surface area (Å²) in [5.74, 6) is -1.86. The van der Waals surface area contributed by atoms with Gasteiger partial charge in [-0.25, -0.2) is 14.4 Å². The van der Waals surface area contributed by atoms with Gasteiger partial charge in [-0.3, -0.25) is 0 Å².